The third kappa shape index (κ3) is 5.34. The second kappa shape index (κ2) is 8.11. The number of carbonyl (C=O) groups is 1. The summed E-state index contributed by atoms with van der Waals surface area (Å²) in [6.45, 7) is 4.82. The maximum absolute atomic E-state index is 10.9. The zero-order valence-electron chi connectivity index (χ0n) is 10.7. The highest BCUT2D eigenvalue weighted by molar-refractivity contribution is 5.80. The lowest BCUT2D eigenvalue weighted by Gasteiger charge is -2.03. The molecule has 0 radical (unpaired) electrons. The molecule has 18 heavy (non-hydrogen) atoms. The Hall–Kier alpha value is -2.04. The van der Waals surface area contributed by atoms with Gasteiger partial charge >= 0.3 is 6.09 Å². The van der Waals surface area contributed by atoms with E-state index in [1.807, 2.05) is 24.3 Å². The first-order valence-electron chi connectivity index (χ1n) is 5.95. The normalized spacial score (nSPS) is 10.3. The minimum atomic E-state index is -0.559. The van der Waals surface area contributed by atoms with Crippen molar-refractivity contribution in [3.8, 4) is 5.75 Å². The molecule has 5 nitrogen and oxygen atoms in total. The topological polar surface area (TPSA) is 59.9 Å². The summed E-state index contributed by atoms with van der Waals surface area (Å²) < 4.78 is 10.1. The number of hydrogen-bond acceptors (Lipinski definition) is 4. The second-order valence-electron chi connectivity index (χ2n) is 3.51. The Bertz CT molecular complexity index is 388. The van der Waals surface area contributed by atoms with Gasteiger partial charge in [-0.2, -0.15) is 5.10 Å². The molecule has 0 heterocycles. The van der Waals surface area contributed by atoms with Crippen LogP contribution in [0.4, 0.5) is 4.79 Å². The summed E-state index contributed by atoms with van der Waals surface area (Å²) in [6, 6.07) is 7.45. The van der Waals surface area contributed by atoms with Crippen molar-refractivity contribution in [2.45, 2.75) is 20.3 Å². The molecule has 0 fully saturated rings. The zero-order valence-corrected chi connectivity index (χ0v) is 10.7. The molecule has 0 aliphatic heterocycles. The molecule has 0 saturated heterocycles. The van der Waals surface area contributed by atoms with Gasteiger partial charge in [0.25, 0.3) is 0 Å². The SMILES string of the molecule is CCCOc1ccc(C=NNC(=O)OCC)cc1. The van der Waals surface area contributed by atoms with Gasteiger partial charge in [0.1, 0.15) is 5.75 Å². The van der Waals surface area contributed by atoms with Crippen LogP contribution in [0.15, 0.2) is 29.4 Å². The fourth-order valence-electron chi connectivity index (χ4n) is 1.19. The Morgan fingerprint density at radius 2 is 2.06 bits per heavy atom. The van der Waals surface area contributed by atoms with E-state index in [4.69, 9.17) is 4.74 Å². The summed E-state index contributed by atoms with van der Waals surface area (Å²) in [4.78, 5) is 10.9. The fourth-order valence-corrected chi connectivity index (χ4v) is 1.19. The average molecular weight is 250 g/mol. The molecule has 0 bridgehead atoms. The van der Waals surface area contributed by atoms with Crippen LogP contribution in [0.1, 0.15) is 25.8 Å². The highest BCUT2D eigenvalue weighted by Crippen LogP contribution is 2.11. The number of amides is 1. The Morgan fingerprint density at radius 3 is 2.67 bits per heavy atom. The maximum atomic E-state index is 10.9. The first-order valence-corrected chi connectivity index (χ1v) is 5.95. The van der Waals surface area contributed by atoms with E-state index in [2.05, 4.69) is 22.2 Å². The lowest BCUT2D eigenvalue weighted by Crippen LogP contribution is -2.18. The van der Waals surface area contributed by atoms with Gasteiger partial charge in [-0.05, 0) is 43.2 Å². The van der Waals surface area contributed by atoms with Crippen molar-refractivity contribution in [3.05, 3.63) is 29.8 Å². The van der Waals surface area contributed by atoms with Crippen LogP contribution in [-0.2, 0) is 4.74 Å². The van der Waals surface area contributed by atoms with E-state index in [1.165, 1.54) is 0 Å². The second-order valence-corrected chi connectivity index (χ2v) is 3.51. The van der Waals surface area contributed by atoms with E-state index in [1.54, 1.807) is 13.1 Å². The van der Waals surface area contributed by atoms with Crippen molar-refractivity contribution in [3.63, 3.8) is 0 Å². The van der Waals surface area contributed by atoms with Crippen LogP contribution >= 0.6 is 0 Å². The quantitative estimate of drug-likeness (QED) is 0.623. The van der Waals surface area contributed by atoms with E-state index < -0.39 is 6.09 Å². The minimum Gasteiger partial charge on any atom is -0.494 e. The molecule has 0 atom stereocenters. The number of rotatable bonds is 6. The number of benzene rings is 1. The van der Waals surface area contributed by atoms with Crippen LogP contribution in [-0.4, -0.2) is 25.5 Å². The first-order chi connectivity index (χ1) is 8.76. The maximum Gasteiger partial charge on any atom is 0.427 e. The van der Waals surface area contributed by atoms with Gasteiger partial charge in [-0.25, -0.2) is 10.2 Å². The summed E-state index contributed by atoms with van der Waals surface area (Å²) in [6.07, 6.45) is 1.96. The molecule has 0 saturated carbocycles. The summed E-state index contributed by atoms with van der Waals surface area (Å²) in [7, 11) is 0. The van der Waals surface area contributed by atoms with Crippen molar-refractivity contribution >= 4 is 12.3 Å². The molecule has 1 N–H and O–H groups in total. The molecule has 0 aliphatic carbocycles. The summed E-state index contributed by atoms with van der Waals surface area (Å²) >= 11 is 0. The molecule has 1 rings (SSSR count). The third-order valence-electron chi connectivity index (χ3n) is 2.00. The molecular weight excluding hydrogens is 232 g/mol. The number of hydrazone groups is 1. The van der Waals surface area contributed by atoms with Gasteiger partial charge < -0.3 is 9.47 Å². The van der Waals surface area contributed by atoms with Gasteiger partial charge in [0, 0.05) is 0 Å². The molecule has 0 aromatic heterocycles. The molecule has 0 spiro atoms. The van der Waals surface area contributed by atoms with Crippen LogP contribution in [0.2, 0.25) is 0 Å². The van der Waals surface area contributed by atoms with Crippen molar-refractivity contribution < 1.29 is 14.3 Å². The van der Waals surface area contributed by atoms with E-state index in [-0.39, 0.29) is 0 Å². The summed E-state index contributed by atoms with van der Waals surface area (Å²) in [5, 5.41) is 3.76. The van der Waals surface area contributed by atoms with Crippen LogP contribution < -0.4 is 10.2 Å². The third-order valence-corrected chi connectivity index (χ3v) is 2.00. The average Bonchev–Trinajstić information content (AvgIpc) is 2.38. The molecule has 1 aromatic rings. The van der Waals surface area contributed by atoms with Crippen LogP contribution in [0.5, 0.6) is 5.75 Å². The number of hydrogen-bond donors (Lipinski definition) is 1. The Kier molecular flexibility index (Phi) is 6.32. The Labute approximate surface area is 107 Å². The van der Waals surface area contributed by atoms with Crippen molar-refractivity contribution in [2.24, 2.45) is 5.10 Å². The van der Waals surface area contributed by atoms with Gasteiger partial charge in [0.2, 0.25) is 0 Å². The van der Waals surface area contributed by atoms with E-state index >= 15 is 0 Å². The van der Waals surface area contributed by atoms with E-state index in [9.17, 15) is 4.79 Å². The standard InChI is InChI=1S/C13H18N2O3/c1-3-9-18-12-7-5-11(6-8-12)10-14-15-13(16)17-4-2/h5-8,10H,3-4,9H2,1-2H3,(H,15,16). The predicted octanol–water partition coefficient (Wildman–Crippen LogP) is 2.56. The highest BCUT2D eigenvalue weighted by Gasteiger charge is 1.96. The lowest BCUT2D eigenvalue weighted by atomic mass is 10.2. The van der Waals surface area contributed by atoms with Crippen molar-refractivity contribution in [1.29, 1.82) is 0 Å². The number of ether oxygens (including phenoxy) is 2. The summed E-state index contributed by atoms with van der Waals surface area (Å²) in [5.74, 6) is 0.826. The molecule has 0 unspecified atom stereocenters. The van der Waals surface area contributed by atoms with Crippen LogP contribution in [0.3, 0.4) is 0 Å². The molecular formula is C13H18N2O3. The Morgan fingerprint density at radius 1 is 1.33 bits per heavy atom. The monoisotopic (exact) mass is 250 g/mol. The lowest BCUT2D eigenvalue weighted by molar-refractivity contribution is 0.152. The van der Waals surface area contributed by atoms with Crippen LogP contribution in [0.25, 0.3) is 0 Å². The van der Waals surface area contributed by atoms with Crippen molar-refractivity contribution in [2.75, 3.05) is 13.2 Å². The van der Waals surface area contributed by atoms with Crippen molar-refractivity contribution in [1.82, 2.24) is 5.43 Å². The van der Waals surface area contributed by atoms with Gasteiger partial charge in [-0.15, -0.1) is 0 Å². The van der Waals surface area contributed by atoms with Gasteiger partial charge in [-0.3, -0.25) is 0 Å². The largest absolute Gasteiger partial charge is 0.494 e. The van der Waals surface area contributed by atoms with Gasteiger partial charge in [0.15, 0.2) is 0 Å². The predicted molar refractivity (Wildman–Crippen MR) is 70.0 cm³/mol. The van der Waals surface area contributed by atoms with E-state index in [0.29, 0.717) is 13.2 Å². The minimum absolute atomic E-state index is 0.324. The smallest absolute Gasteiger partial charge is 0.427 e. The van der Waals surface area contributed by atoms with Gasteiger partial charge in [-0.1, -0.05) is 6.92 Å². The molecule has 1 aromatic carbocycles. The molecule has 0 aliphatic rings. The van der Waals surface area contributed by atoms with E-state index in [0.717, 1.165) is 17.7 Å². The summed E-state index contributed by atoms with van der Waals surface area (Å²) in [5.41, 5.74) is 3.13. The first kappa shape index (κ1) is 14.0. The highest BCUT2D eigenvalue weighted by atomic mass is 16.5. The zero-order chi connectivity index (χ0) is 13.2. The fraction of sp³-hybridized carbons (Fsp3) is 0.385. The Balaban J connectivity index is 2.43. The number of nitrogens with zero attached hydrogens (tertiary/aromatic N) is 1. The molecule has 98 valence electrons. The number of nitrogens with one attached hydrogen (secondary N) is 1. The molecule has 1 amide bonds. The number of carbonyl (C=O) groups excluding carboxylic acids is 1. The molecule has 5 heteroatoms. The van der Waals surface area contributed by atoms with Gasteiger partial charge in [0.05, 0.1) is 19.4 Å². The van der Waals surface area contributed by atoms with Crippen LogP contribution in [0, 0.1) is 0 Å².